The highest BCUT2D eigenvalue weighted by Crippen LogP contribution is 2.29. The molecular weight excluding hydrogens is 343 g/mol. The summed E-state index contributed by atoms with van der Waals surface area (Å²) < 4.78 is 13.3. The van der Waals surface area contributed by atoms with Gasteiger partial charge in [0.05, 0.1) is 6.04 Å². The van der Waals surface area contributed by atoms with Crippen molar-refractivity contribution in [3.05, 3.63) is 71.0 Å². The van der Waals surface area contributed by atoms with E-state index < -0.39 is 0 Å². The van der Waals surface area contributed by atoms with Crippen LogP contribution in [0, 0.1) is 11.2 Å². The van der Waals surface area contributed by atoms with Crippen LogP contribution < -0.4 is 10.6 Å². The minimum absolute atomic E-state index is 0.00541. The molecular formula is C22H27FN2O2. The molecule has 2 N–H and O–H groups in total. The van der Waals surface area contributed by atoms with Crippen LogP contribution in [0.15, 0.2) is 48.5 Å². The van der Waals surface area contributed by atoms with Gasteiger partial charge in [-0.25, -0.2) is 4.39 Å². The molecule has 2 rings (SSSR count). The molecule has 4 nitrogen and oxygen atoms in total. The van der Waals surface area contributed by atoms with Gasteiger partial charge >= 0.3 is 0 Å². The quantitative estimate of drug-likeness (QED) is 0.793. The summed E-state index contributed by atoms with van der Waals surface area (Å²) in [6, 6.07) is 13.2. The Kier molecular flexibility index (Phi) is 6.72. The summed E-state index contributed by atoms with van der Waals surface area (Å²) in [4.78, 5) is 23.7. The molecule has 1 atom stereocenters. The molecule has 0 bridgehead atoms. The number of carbonyl (C=O) groups is 2. The van der Waals surface area contributed by atoms with Crippen LogP contribution in [0.1, 0.15) is 61.6 Å². The molecule has 0 saturated carbocycles. The molecule has 0 aliphatic rings. The molecule has 0 aliphatic carbocycles. The normalized spacial score (nSPS) is 12.3. The Morgan fingerprint density at radius 1 is 1.00 bits per heavy atom. The molecule has 0 aliphatic heterocycles. The van der Waals surface area contributed by atoms with E-state index in [9.17, 15) is 14.0 Å². The van der Waals surface area contributed by atoms with Crippen molar-refractivity contribution in [3.63, 3.8) is 0 Å². The number of hydrogen-bond acceptors (Lipinski definition) is 2. The fourth-order valence-electron chi connectivity index (χ4n) is 2.80. The molecule has 2 amide bonds. The highest BCUT2D eigenvalue weighted by molar-refractivity contribution is 5.94. The highest BCUT2D eigenvalue weighted by atomic mass is 19.1. The maximum atomic E-state index is 13.3. The molecule has 0 saturated heterocycles. The second-order valence-electron chi connectivity index (χ2n) is 7.95. The third kappa shape index (κ3) is 6.85. The van der Waals surface area contributed by atoms with Gasteiger partial charge in [0.2, 0.25) is 5.91 Å². The van der Waals surface area contributed by atoms with E-state index in [0.29, 0.717) is 12.1 Å². The molecule has 0 radical (unpaired) electrons. The van der Waals surface area contributed by atoms with E-state index in [1.807, 2.05) is 12.1 Å². The van der Waals surface area contributed by atoms with E-state index in [4.69, 9.17) is 0 Å². The number of nitrogens with one attached hydrogen (secondary N) is 2. The maximum Gasteiger partial charge on any atom is 0.251 e. The van der Waals surface area contributed by atoms with Crippen LogP contribution in [-0.4, -0.2) is 11.8 Å². The Hall–Kier alpha value is -2.69. The van der Waals surface area contributed by atoms with Crippen molar-refractivity contribution in [2.45, 2.75) is 46.7 Å². The Balaban J connectivity index is 2.12. The molecule has 27 heavy (non-hydrogen) atoms. The van der Waals surface area contributed by atoms with Gasteiger partial charge in [-0.05, 0) is 47.2 Å². The number of rotatable bonds is 6. The Morgan fingerprint density at radius 3 is 2.11 bits per heavy atom. The third-order valence-corrected chi connectivity index (χ3v) is 4.15. The van der Waals surface area contributed by atoms with Crippen LogP contribution >= 0.6 is 0 Å². The van der Waals surface area contributed by atoms with Gasteiger partial charge in [0.15, 0.2) is 0 Å². The van der Waals surface area contributed by atoms with Crippen molar-refractivity contribution in [2.24, 2.45) is 5.41 Å². The van der Waals surface area contributed by atoms with Gasteiger partial charge in [-0.1, -0.05) is 45.0 Å². The number of carbonyl (C=O) groups excluding carboxylic acids is 2. The van der Waals surface area contributed by atoms with E-state index in [2.05, 4.69) is 31.4 Å². The van der Waals surface area contributed by atoms with E-state index >= 15 is 0 Å². The zero-order valence-electron chi connectivity index (χ0n) is 16.3. The first kappa shape index (κ1) is 20.6. The minimum Gasteiger partial charge on any atom is -0.352 e. The number of hydrogen-bond donors (Lipinski definition) is 2. The average molecular weight is 370 g/mol. The first-order valence-electron chi connectivity index (χ1n) is 9.04. The lowest BCUT2D eigenvalue weighted by Crippen LogP contribution is -2.31. The van der Waals surface area contributed by atoms with Crippen LogP contribution in [0.2, 0.25) is 0 Å². The lowest BCUT2D eigenvalue weighted by Gasteiger charge is -2.27. The molecule has 2 aromatic carbocycles. The Labute approximate surface area is 160 Å². The summed E-state index contributed by atoms with van der Waals surface area (Å²) in [5, 5.41) is 5.79. The van der Waals surface area contributed by atoms with Crippen LogP contribution in [0.25, 0.3) is 0 Å². The molecule has 0 spiro atoms. The zero-order valence-corrected chi connectivity index (χ0v) is 16.3. The smallest absolute Gasteiger partial charge is 0.251 e. The van der Waals surface area contributed by atoms with Gasteiger partial charge < -0.3 is 10.6 Å². The van der Waals surface area contributed by atoms with Crippen molar-refractivity contribution in [1.29, 1.82) is 0 Å². The van der Waals surface area contributed by atoms with Crippen LogP contribution in [0.4, 0.5) is 4.39 Å². The van der Waals surface area contributed by atoms with Gasteiger partial charge in [0.1, 0.15) is 5.82 Å². The molecule has 1 unspecified atom stereocenters. The summed E-state index contributed by atoms with van der Waals surface area (Å²) in [5.41, 5.74) is 2.34. The fourth-order valence-corrected chi connectivity index (χ4v) is 2.80. The molecule has 144 valence electrons. The standard InChI is InChI=1S/C22H27FN2O2/c1-15(26)24-14-16-5-7-18(8-6-16)21(27)25-20(13-22(2,3)4)17-9-11-19(23)12-10-17/h5-12,20H,13-14H2,1-4H3,(H,24,26)(H,25,27). The predicted molar refractivity (Wildman–Crippen MR) is 105 cm³/mol. The molecule has 0 aromatic heterocycles. The summed E-state index contributed by atoms with van der Waals surface area (Å²) in [6.07, 6.45) is 0.727. The van der Waals surface area contributed by atoms with Gasteiger partial charge in [-0.2, -0.15) is 0 Å². The van der Waals surface area contributed by atoms with Gasteiger partial charge in [0, 0.05) is 19.0 Å². The van der Waals surface area contributed by atoms with Crippen molar-refractivity contribution in [2.75, 3.05) is 0 Å². The highest BCUT2D eigenvalue weighted by Gasteiger charge is 2.22. The predicted octanol–water partition coefficient (Wildman–Crippen LogP) is 4.37. The van der Waals surface area contributed by atoms with Gasteiger partial charge in [-0.15, -0.1) is 0 Å². The van der Waals surface area contributed by atoms with Crippen molar-refractivity contribution >= 4 is 11.8 Å². The minimum atomic E-state index is -0.297. The third-order valence-electron chi connectivity index (χ3n) is 4.15. The molecule has 2 aromatic rings. The number of amides is 2. The maximum absolute atomic E-state index is 13.3. The van der Waals surface area contributed by atoms with Gasteiger partial charge in [-0.3, -0.25) is 9.59 Å². The molecule has 0 fully saturated rings. The lowest BCUT2D eigenvalue weighted by molar-refractivity contribution is -0.119. The SMILES string of the molecule is CC(=O)NCc1ccc(C(=O)NC(CC(C)(C)C)c2ccc(F)cc2)cc1. The van der Waals surface area contributed by atoms with E-state index in [1.165, 1.54) is 19.1 Å². The molecule has 0 heterocycles. The van der Waals surface area contributed by atoms with E-state index in [1.54, 1.807) is 24.3 Å². The first-order valence-corrected chi connectivity index (χ1v) is 9.04. The van der Waals surface area contributed by atoms with E-state index in [-0.39, 0.29) is 29.1 Å². The van der Waals surface area contributed by atoms with Crippen LogP contribution in [0.3, 0.4) is 0 Å². The zero-order chi connectivity index (χ0) is 20.0. The Morgan fingerprint density at radius 2 is 1.59 bits per heavy atom. The largest absolute Gasteiger partial charge is 0.352 e. The summed E-state index contributed by atoms with van der Waals surface area (Å²) >= 11 is 0. The lowest BCUT2D eigenvalue weighted by atomic mass is 9.85. The van der Waals surface area contributed by atoms with Crippen molar-refractivity contribution in [3.8, 4) is 0 Å². The topological polar surface area (TPSA) is 58.2 Å². The summed E-state index contributed by atoms with van der Waals surface area (Å²) in [7, 11) is 0. The molecule has 5 heteroatoms. The van der Waals surface area contributed by atoms with Crippen molar-refractivity contribution in [1.82, 2.24) is 10.6 Å². The van der Waals surface area contributed by atoms with Crippen molar-refractivity contribution < 1.29 is 14.0 Å². The monoisotopic (exact) mass is 370 g/mol. The number of halogens is 1. The summed E-state index contributed by atoms with van der Waals surface area (Å²) in [5.74, 6) is -0.574. The second kappa shape index (κ2) is 8.80. The van der Waals surface area contributed by atoms with Gasteiger partial charge in [0.25, 0.3) is 5.91 Å². The van der Waals surface area contributed by atoms with Crippen LogP contribution in [-0.2, 0) is 11.3 Å². The fraction of sp³-hybridized carbons (Fsp3) is 0.364. The first-order chi connectivity index (χ1) is 12.6. The summed E-state index contributed by atoms with van der Waals surface area (Å²) in [6.45, 7) is 8.21. The van der Waals surface area contributed by atoms with Crippen LogP contribution in [0.5, 0.6) is 0 Å². The second-order valence-corrected chi connectivity index (χ2v) is 7.95. The van der Waals surface area contributed by atoms with E-state index in [0.717, 1.165) is 17.5 Å². The Bertz CT molecular complexity index is 777. The number of benzene rings is 2. The average Bonchev–Trinajstić information content (AvgIpc) is 2.59.